The number of carbonyl (C=O) groups is 2. The molecule has 1 aromatic heterocycles. The van der Waals surface area contributed by atoms with E-state index in [0.29, 0.717) is 19.5 Å². The maximum atomic E-state index is 12.3. The fourth-order valence-corrected chi connectivity index (χ4v) is 3.30. The van der Waals surface area contributed by atoms with Gasteiger partial charge in [-0.15, -0.1) is 11.3 Å². The molecule has 0 unspecified atom stereocenters. The molecule has 0 saturated carbocycles. The second-order valence-corrected chi connectivity index (χ2v) is 6.02. The lowest BCUT2D eigenvalue weighted by Crippen LogP contribution is -2.52. The van der Waals surface area contributed by atoms with Crippen LogP contribution >= 0.6 is 11.3 Å². The summed E-state index contributed by atoms with van der Waals surface area (Å²) in [4.78, 5) is 30.9. The van der Waals surface area contributed by atoms with E-state index in [1.54, 1.807) is 11.3 Å². The quantitative estimate of drug-likeness (QED) is 0.919. The lowest BCUT2D eigenvalue weighted by atomic mass is 10.0. The van der Waals surface area contributed by atoms with Gasteiger partial charge in [0.2, 0.25) is 5.91 Å². The molecule has 1 aliphatic rings. The average molecular weight is 311 g/mol. The second kappa shape index (κ2) is 7.40. The van der Waals surface area contributed by atoms with E-state index >= 15 is 0 Å². The largest absolute Gasteiger partial charge is 0.453 e. The molecule has 0 aromatic carbocycles. The summed E-state index contributed by atoms with van der Waals surface area (Å²) in [6, 6.07) is -0.409. The van der Waals surface area contributed by atoms with E-state index in [2.05, 4.69) is 10.3 Å². The van der Waals surface area contributed by atoms with Crippen molar-refractivity contribution in [1.29, 1.82) is 0 Å². The van der Waals surface area contributed by atoms with Crippen molar-refractivity contribution < 1.29 is 14.3 Å². The Morgan fingerprint density at radius 1 is 1.52 bits per heavy atom. The summed E-state index contributed by atoms with van der Waals surface area (Å²) >= 11 is 1.60. The summed E-state index contributed by atoms with van der Waals surface area (Å²) < 4.78 is 4.75. The Balaban J connectivity index is 1.86. The summed E-state index contributed by atoms with van der Waals surface area (Å²) in [6.45, 7) is 3.11. The summed E-state index contributed by atoms with van der Waals surface area (Å²) in [5.74, 6) is -0.0951. The molecule has 2 rings (SSSR count). The van der Waals surface area contributed by atoms with Crippen LogP contribution in [0.3, 0.4) is 0 Å². The number of carbonyl (C=O) groups excluding carboxylic acids is 2. The topological polar surface area (TPSA) is 71.5 Å². The Morgan fingerprint density at radius 3 is 3.00 bits per heavy atom. The Morgan fingerprint density at radius 2 is 2.33 bits per heavy atom. The van der Waals surface area contributed by atoms with Crippen molar-refractivity contribution in [3.63, 3.8) is 0 Å². The number of nitrogens with one attached hydrogen (secondary N) is 1. The minimum atomic E-state index is -0.423. The molecule has 116 valence electrons. The number of rotatable bonds is 4. The van der Waals surface area contributed by atoms with Crippen LogP contribution in [0.4, 0.5) is 4.79 Å². The van der Waals surface area contributed by atoms with Gasteiger partial charge in [0.1, 0.15) is 6.04 Å². The number of methoxy groups -OCH3 is 1. The third kappa shape index (κ3) is 3.93. The van der Waals surface area contributed by atoms with Crippen LogP contribution in [0.5, 0.6) is 0 Å². The summed E-state index contributed by atoms with van der Waals surface area (Å²) in [5.41, 5.74) is 2.83. The van der Waals surface area contributed by atoms with Crippen molar-refractivity contribution in [1.82, 2.24) is 15.2 Å². The highest BCUT2D eigenvalue weighted by Crippen LogP contribution is 2.18. The number of piperidine rings is 1. The van der Waals surface area contributed by atoms with Crippen molar-refractivity contribution in [3.8, 4) is 0 Å². The first-order valence-corrected chi connectivity index (χ1v) is 8.02. The van der Waals surface area contributed by atoms with E-state index in [1.165, 1.54) is 16.9 Å². The molecule has 0 bridgehead atoms. The minimum absolute atomic E-state index is 0.0951. The molecule has 0 radical (unpaired) electrons. The van der Waals surface area contributed by atoms with Crippen LogP contribution in [0.2, 0.25) is 0 Å². The molecule has 2 amide bonds. The molecule has 21 heavy (non-hydrogen) atoms. The molecule has 1 saturated heterocycles. The maximum absolute atomic E-state index is 12.3. The fraction of sp³-hybridized carbons (Fsp3) is 0.643. The molecule has 6 nitrogen and oxygen atoms in total. The minimum Gasteiger partial charge on any atom is -0.453 e. The monoisotopic (exact) mass is 311 g/mol. The van der Waals surface area contributed by atoms with Gasteiger partial charge in [-0.2, -0.15) is 0 Å². The number of ether oxygens (including phenoxy) is 1. The van der Waals surface area contributed by atoms with Crippen molar-refractivity contribution in [2.75, 3.05) is 20.2 Å². The number of thiazole rings is 1. The molecule has 1 aliphatic heterocycles. The predicted molar refractivity (Wildman–Crippen MR) is 80.3 cm³/mol. The summed E-state index contributed by atoms with van der Waals surface area (Å²) in [5, 5.41) is 2.92. The Labute approximate surface area is 128 Å². The SMILES string of the molecule is COC(=O)N1CCCC[C@@H]1C(=O)NCCc1scnc1C. The van der Waals surface area contributed by atoms with E-state index in [4.69, 9.17) is 4.74 Å². The number of amides is 2. The van der Waals surface area contributed by atoms with Gasteiger partial charge >= 0.3 is 6.09 Å². The van der Waals surface area contributed by atoms with E-state index in [0.717, 1.165) is 25.0 Å². The number of aryl methyl sites for hydroxylation is 1. The number of hydrogen-bond acceptors (Lipinski definition) is 5. The van der Waals surface area contributed by atoms with Crippen LogP contribution in [0.25, 0.3) is 0 Å². The Kier molecular flexibility index (Phi) is 5.55. The third-order valence-corrected chi connectivity index (χ3v) is 4.71. The molecule has 1 N–H and O–H groups in total. The van der Waals surface area contributed by atoms with Gasteiger partial charge in [0, 0.05) is 24.4 Å². The molecule has 2 heterocycles. The van der Waals surface area contributed by atoms with Gasteiger partial charge in [0.25, 0.3) is 0 Å². The van der Waals surface area contributed by atoms with E-state index in [-0.39, 0.29) is 5.91 Å². The van der Waals surface area contributed by atoms with Crippen molar-refractivity contribution in [2.45, 2.75) is 38.6 Å². The number of hydrogen-bond donors (Lipinski definition) is 1. The Hall–Kier alpha value is -1.63. The van der Waals surface area contributed by atoms with Gasteiger partial charge in [0.05, 0.1) is 18.3 Å². The van der Waals surface area contributed by atoms with Gasteiger partial charge in [-0.25, -0.2) is 9.78 Å². The molecule has 1 atom stereocenters. The third-order valence-electron chi connectivity index (χ3n) is 3.71. The first kappa shape index (κ1) is 15.8. The zero-order chi connectivity index (χ0) is 15.2. The van der Waals surface area contributed by atoms with Gasteiger partial charge in [-0.05, 0) is 26.2 Å². The highest BCUT2D eigenvalue weighted by molar-refractivity contribution is 7.09. The maximum Gasteiger partial charge on any atom is 0.410 e. The normalized spacial score (nSPS) is 18.4. The molecule has 1 fully saturated rings. The van der Waals surface area contributed by atoms with Crippen LogP contribution in [-0.2, 0) is 16.0 Å². The number of aromatic nitrogens is 1. The molecular formula is C14H21N3O3S. The second-order valence-electron chi connectivity index (χ2n) is 5.08. The lowest BCUT2D eigenvalue weighted by molar-refractivity contribution is -0.126. The van der Waals surface area contributed by atoms with Crippen molar-refractivity contribution in [2.24, 2.45) is 0 Å². The molecule has 7 heteroatoms. The van der Waals surface area contributed by atoms with Gasteiger partial charge < -0.3 is 10.1 Å². The van der Waals surface area contributed by atoms with Crippen LogP contribution in [0.15, 0.2) is 5.51 Å². The van der Waals surface area contributed by atoms with E-state index in [9.17, 15) is 9.59 Å². The summed E-state index contributed by atoms with van der Waals surface area (Å²) in [6.07, 6.45) is 2.92. The molecule has 1 aromatic rings. The van der Waals surface area contributed by atoms with Crippen LogP contribution < -0.4 is 5.32 Å². The first-order valence-electron chi connectivity index (χ1n) is 7.14. The Bertz CT molecular complexity index is 503. The van der Waals surface area contributed by atoms with Crippen molar-refractivity contribution >= 4 is 23.3 Å². The van der Waals surface area contributed by atoms with Crippen LogP contribution in [0, 0.1) is 6.92 Å². The predicted octanol–water partition coefficient (Wildman–Crippen LogP) is 1.73. The first-order chi connectivity index (χ1) is 10.1. The fourth-order valence-electron chi connectivity index (χ4n) is 2.52. The van der Waals surface area contributed by atoms with Crippen LogP contribution in [-0.4, -0.2) is 48.1 Å². The van der Waals surface area contributed by atoms with Gasteiger partial charge in [-0.3, -0.25) is 9.69 Å². The molecular weight excluding hydrogens is 290 g/mol. The lowest BCUT2D eigenvalue weighted by Gasteiger charge is -2.33. The zero-order valence-electron chi connectivity index (χ0n) is 12.4. The highest BCUT2D eigenvalue weighted by atomic mass is 32.1. The van der Waals surface area contributed by atoms with Gasteiger partial charge in [0.15, 0.2) is 0 Å². The molecule has 0 aliphatic carbocycles. The van der Waals surface area contributed by atoms with Crippen molar-refractivity contribution in [3.05, 3.63) is 16.1 Å². The van der Waals surface area contributed by atoms with Gasteiger partial charge in [-0.1, -0.05) is 0 Å². The van der Waals surface area contributed by atoms with Crippen LogP contribution in [0.1, 0.15) is 29.8 Å². The van der Waals surface area contributed by atoms with E-state index in [1.807, 2.05) is 12.4 Å². The highest BCUT2D eigenvalue weighted by Gasteiger charge is 2.32. The zero-order valence-corrected chi connectivity index (χ0v) is 13.2. The standard InChI is InChI=1S/C14H21N3O3S/c1-10-12(21-9-16-10)6-7-15-13(18)11-5-3-4-8-17(11)14(19)20-2/h9,11H,3-8H2,1-2H3,(H,15,18)/t11-/m1/s1. The number of nitrogens with zero attached hydrogens (tertiary/aromatic N) is 2. The number of likely N-dealkylation sites (tertiary alicyclic amines) is 1. The average Bonchev–Trinajstić information content (AvgIpc) is 2.91. The summed E-state index contributed by atoms with van der Waals surface area (Å²) in [7, 11) is 1.35. The smallest absolute Gasteiger partial charge is 0.410 e. The molecule has 0 spiro atoms. The van der Waals surface area contributed by atoms with E-state index < -0.39 is 12.1 Å².